The molecule has 0 N–H and O–H groups in total. The smallest absolute Gasteiger partial charge is 0.164 e. The van der Waals surface area contributed by atoms with Crippen molar-refractivity contribution in [3.05, 3.63) is 188 Å². The van der Waals surface area contributed by atoms with E-state index in [9.17, 15) is 0 Å². The predicted octanol–water partition coefficient (Wildman–Crippen LogP) is 13.0. The summed E-state index contributed by atoms with van der Waals surface area (Å²) in [6.07, 6.45) is 0. The normalized spacial score (nSPS) is 11.6. The summed E-state index contributed by atoms with van der Waals surface area (Å²) >= 11 is 1.81. The highest BCUT2D eigenvalue weighted by Crippen LogP contribution is 2.42. The van der Waals surface area contributed by atoms with Gasteiger partial charge in [0.2, 0.25) is 0 Å². The molecule has 0 bridgehead atoms. The Morgan fingerprint density at radius 2 is 0.929 bits per heavy atom. The minimum absolute atomic E-state index is 0.603. The van der Waals surface area contributed by atoms with E-state index in [-0.39, 0.29) is 0 Å². The van der Waals surface area contributed by atoms with Crippen molar-refractivity contribution in [1.82, 2.24) is 24.6 Å². The second kappa shape index (κ2) is 13.2. The van der Waals surface area contributed by atoms with Crippen LogP contribution in [0.3, 0.4) is 0 Å². The molecule has 0 spiro atoms. The van der Waals surface area contributed by atoms with Crippen molar-refractivity contribution in [2.45, 2.75) is 0 Å². The fraction of sp³-hybridized carbons (Fsp3) is 0. The lowest BCUT2D eigenvalue weighted by atomic mass is 9.96. The number of nitrogens with zero attached hydrogens (tertiary/aromatic N) is 5. The third-order valence-electron chi connectivity index (χ3n) is 10.5. The van der Waals surface area contributed by atoms with E-state index >= 15 is 0 Å². The second-order valence-electron chi connectivity index (χ2n) is 13.9. The van der Waals surface area contributed by atoms with Gasteiger partial charge in [0.15, 0.2) is 17.5 Å². The molecular weight excluding hydrogens is 703 g/mol. The van der Waals surface area contributed by atoms with Crippen LogP contribution in [-0.2, 0) is 0 Å². The van der Waals surface area contributed by atoms with E-state index in [0.29, 0.717) is 17.5 Å². The number of fused-ring (bicyclic) bond motifs is 6. The molecule has 0 aliphatic rings. The molecule has 5 nitrogen and oxygen atoms in total. The Balaban J connectivity index is 1.13. The van der Waals surface area contributed by atoms with E-state index in [1.807, 2.05) is 30.3 Å². The summed E-state index contributed by atoms with van der Waals surface area (Å²) in [6.45, 7) is 0. The van der Waals surface area contributed by atoms with Gasteiger partial charge in [0.1, 0.15) is 5.69 Å². The first-order valence-electron chi connectivity index (χ1n) is 18.6. The lowest BCUT2D eigenvalue weighted by Crippen LogP contribution is -2.00. The topological polar surface area (TPSA) is 56.0 Å². The average molecular weight is 734 g/mol. The van der Waals surface area contributed by atoms with Gasteiger partial charge in [-0.05, 0) is 47.3 Å². The van der Waals surface area contributed by atoms with Gasteiger partial charge in [-0.2, -0.15) is 5.10 Å². The molecule has 0 saturated carbocycles. The maximum Gasteiger partial charge on any atom is 0.164 e. The quantitative estimate of drug-likeness (QED) is 0.171. The zero-order valence-corrected chi connectivity index (χ0v) is 30.9. The van der Waals surface area contributed by atoms with Crippen molar-refractivity contribution in [2.24, 2.45) is 0 Å². The summed E-state index contributed by atoms with van der Waals surface area (Å²) in [5.74, 6) is 1.86. The van der Waals surface area contributed by atoms with Gasteiger partial charge < -0.3 is 0 Å². The summed E-state index contributed by atoms with van der Waals surface area (Å²) in [5.41, 5.74) is 10.0. The number of benzene rings is 7. The number of hydrogen-bond acceptors (Lipinski definition) is 5. The van der Waals surface area contributed by atoms with E-state index in [1.54, 1.807) is 11.3 Å². The van der Waals surface area contributed by atoms with E-state index in [4.69, 9.17) is 20.1 Å². The van der Waals surface area contributed by atoms with Crippen LogP contribution >= 0.6 is 11.3 Å². The van der Waals surface area contributed by atoms with Crippen LogP contribution in [0, 0.1) is 0 Å². The van der Waals surface area contributed by atoms with Gasteiger partial charge in [-0.15, -0.1) is 11.3 Å². The fourth-order valence-electron chi connectivity index (χ4n) is 7.80. The van der Waals surface area contributed by atoms with Crippen LogP contribution < -0.4 is 0 Å². The van der Waals surface area contributed by atoms with Gasteiger partial charge >= 0.3 is 0 Å². The molecule has 4 aromatic heterocycles. The molecule has 262 valence electrons. The lowest BCUT2D eigenvalue weighted by molar-refractivity contribution is 0.979. The van der Waals surface area contributed by atoms with Crippen LogP contribution in [0.2, 0.25) is 0 Å². The van der Waals surface area contributed by atoms with Crippen LogP contribution in [0.5, 0.6) is 0 Å². The third-order valence-corrected chi connectivity index (χ3v) is 11.6. The standard InChI is InChI=1S/C50H31N5S/c1-4-15-32(16-5-1)42-31-35-21-10-11-24-39(35)47-45(33-17-6-2-7-18-33)46(54-55(42)47)36-22-14-23-37(29-36)49-51-48(34-19-8-3-9-20-34)52-50(53-49)38-27-28-44-41(30-38)40-25-12-13-26-43(40)56-44/h1-31H. The Morgan fingerprint density at radius 3 is 1.68 bits per heavy atom. The molecule has 0 unspecified atom stereocenters. The second-order valence-corrected chi connectivity index (χ2v) is 15.0. The molecule has 0 aliphatic carbocycles. The van der Waals surface area contributed by atoms with E-state index in [0.717, 1.165) is 66.6 Å². The number of thiophene rings is 1. The van der Waals surface area contributed by atoms with E-state index in [1.165, 1.54) is 20.2 Å². The van der Waals surface area contributed by atoms with Gasteiger partial charge in [-0.1, -0.05) is 152 Å². The maximum atomic E-state index is 5.46. The predicted molar refractivity (Wildman–Crippen MR) is 232 cm³/mol. The summed E-state index contributed by atoms with van der Waals surface area (Å²) in [5, 5.41) is 10.2. The molecule has 4 heterocycles. The maximum absolute atomic E-state index is 5.46. The number of pyridine rings is 1. The minimum atomic E-state index is 0.603. The highest BCUT2D eigenvalue weighted by atomic mass is 32.1. The Bertz CT molecular complexity index is 3240. The van der Waals surface area contributed by atoms with Crippen molar-refractivity contribution in [2.75, 3.05) is 0 Å². The van der Waals surface area contributed by atoms with Gasteiger partial charge in [-0.3, -0.25) is 0 Å². The molecule has 0 saturated heterocycles. The van der Waals surface area contributed by atoms with Crippen molar-refractivity contribution in [3.63, 3.8) is 0 Å². The molecule has 0 fully saturated rings. The van der Waals surface area contributed by atoms with Gasteiger partial charge in [0.25, 0.3) is 0 Å². The molecule has 0 radical (unpaired) electrons. The largest absolute Gasteiger partial charge is 0.231 e. The number of hydrogen-bond donors (Lipinski definition) is 0. The van der Waals surface area contributed by atoms with Crippen molar-refractivity contribution in [1.29, 1.82) is 0 Å². The first-order chi connectivity index (χ1) is 27.7. The highest BCUT2D eigenvalue weighted by molar-refractivity contribution is 7.25. The zero-order valence-electron chi connectivity index (χ0n) is 30.0. The Kier molecular flexibility index (Phi) is 7.60. The molecule has 7 aromatic carbocycles. The third kappa shape index (κ3) is 5.46. The molecular formula is C50H31N5S. The summed E-state index contributed by atoms with van der Waals surface area (Å²) in [4.78, 5) is 15.4. The van der Waals surface area contributed by atoms with Gasteiger partial charge in [0.05, 0.1) is 11.2 Å². The zero-order chi connectivity index (χ0) is 37.0. The highest BCUT2D eigenvalue weighted by Gasteiger charge is 2.22. The molecule has 56 heavy (non-hydrogen) atoms. The van der Waals surface area contributed by atoms with Crippen LogP contribution in [0.4, 0.5) is 0 Å². The lowest BCUT2D eigenvalue weighted by Gasteiger charge is -2.11. The monoisotopic (exact) mass is 733 g/mol. The summed E-state index contributed by atoms with van der Waals surface area (Å²) in [6, 6.07) is 65.6. The Labute approximate surface area is 326 Å². The van der Waals surface area contributed by atoms with Crippen molar-refractivity contribution < 1.29 is 0 Å². The van der Waals surface area contributed by atoms with Gasteiger partial charge in [-0.25, -0.2) is 19.5 Å². The first kappa shape index (κ1) is 32.2. The van der Waals surface area contributed by atoms with Gasteiger partial charge in [0, 0.05) is 58.9 Å². The Hall–Kier alpha value is -7.28. The van der Waals surface area contributed by atoms with Crippen LogP contribution in [0.25, 0.3) is 104 Å². The van der Waals surface area contributed by atoms with Crippen molar-refractivity contribution in [3.8, 4) is 67.8 Å². The molecule has 11 aromatic rings. The molecule has 11 rings (SSSR count). The first-order valence-corrected chi connectivity index (χ1v) is 19.5. The minimum Gasteiger partial charge on any atom is -0.231 e. The van der Waals surface area contributed by atoms with E-state index in [2.05, 4.69) is 162 Å². The van der Waals surface area contributed by atoms with Crippen molar-refractivity contribution >= 4 is 47.8 Å². The van der Waals surface area contributed by atoms with Crippen LogP contribution in [-0.4, -0.2) is 24.6 Å². The molecule has 6 heteroatoms. The summed E-state index contributed by atoms with van der Waals surface area (Å²) < 4.78 is 4.63. The number of aromatic nitrogens is 5. The van der Waals surface area contributed by atoms with Crippen LogP contribution in [0.15, 0.2) is 188 Å². The molecule has 0 amide bonds. The Morgan fingerprint density at radius 1 is 0.375 bits per heavy atom. The average Bonchev–Trinajstić information content (AvgIpc) is 3.86. The molecule has 0 aliphatic heterocycles. The SMILES string of the molecule is c1ccc(-c2nc(-c3cccc(-c4nn5c(-c6ccccc6)cc6ccccc6c5c4-c4ccccc4)c3)nc(-c3ccc4sc5ccccc5c4c3)n2)cc1. The van der Waals surface area contributed by atoms with Crippen LogP contribution in [0.1, 0.15) is 0 Å². The summed E-state index contributed by atoms with van der Waals surface area (Å²) in [7, 11) is 0. The molecule has 0 atom stereocenters. The fourth-order valence-corrected chi connectivity index (χ4v) is 8.89. The van der Waals surface area contributed by atoms with E-state index < -0.39 is 0 Å². The number of rotatable bonds is 6.